The largest absolute Gasteiger partial charge is 0.332 e. The van der Waals surface area contributed by atoms with Crippen LogP contribution in [0.4, 0.5) is 11.6 Å². The molecule has 0 amide bonds. The van der Waals surface area contributed by atoms with Crippen molar-refractivity contribution in [2.75, 3.05) is 11.4 Å². The average Bonchev–Trinajstić information content (AvgIpc) is 3.02. The zero-order chi connectivity index (χ0) is 19.3. The SMILES string of the molecule is C=CCn1c(=O)c2c(nc3n2CC(C)CN3c2cccc(Cl)c2)n(C)c1=O. The molecule has 27 heavy (non-hydrogen) atoms. The number of anilines is 2. The first kappa shape index (κ1) is 17.6. The number of fused-ring (bicyclic) bond motifs is 3. The first-order valence-electron chi connectivity index (χ1n) is 8.76. The summed E-state index contributed by atoms with van der Waals surface area (Å²) < 4.78 is 4.52. The van der Waals surface area contributed by atoms with Crippen molar-refractivity contribution in [3.8, 4) is 0 Å². The second-order valence-electron chi connectivity index (χ2n) is 6.94. The molecular formula is C19H20ClN5O2. The summed E-state index contributed by atoms with van der Waals surface area (Å²) in [6, 6.07) is 7.54. The van der Waals surface area contributed by atoms with Crippen LogP contribution in [0.2, 0.25) is 5.02 Å². The minimum Gasteiger partial charge on any atom is -0.312 e. The molecule has 1 aliphatic rings. The second kappa shape index (κ2) is 6.42. The maximum absolute atomic E-state index is 13.0. The molecule has 0 fully saturated rings. The molecule has 3 aromatic rings. The van der Waals surface area contributed by atoms with Crippen LogP contribution >= 0.6 is 11.6 Å². The monoisotopic (exact) mass is 385 g/mol. The summed E-state index contributed by atoms with van der Waals surface area (Å²) in [5, 5.41) is 0.633. The summed E-state index contributed by atoms with van der Waals surface area (Å²) >= 11 is 6.17. The van der Waals surface area contributed by atoms with E-state index in [2.05, 4.69) is 18.5 Å². The Kier molecular flexibility index (Phi) is 4.19. The van der Waals surface area contributed by atoms with E-state index in [-0.39, 0.29) is 12.1 Å². The highest BCUT2D eigenvalue weighted by Crippen LogP contribution is 2.33. The third-order valence-corrected chi connectivity index (χ3v) is 5.11. The van der Waals surface area contributed by atoms with Crippen LogP contribution in [0.15, 0.2) is 46.5 Å². The van der Waals surface area contributed by atoms with Gasteiger partial charge in [-0.05, 0) is 24.1 Å². The number of nitrogens with zero attached hydrogens (tertiary/aromatic N) is 5. The Bertz CT molecular complexity index is 1170. The third-order valence-electron chi connectivity index (χ3n) is 4.87. The molecule has 0 saturated heterocycles. The number of rotatable bonds is 3. The fraction of sp³-hybridized carbons (Fsp3) is 0.316. The van der Waals surface area contributed by atoms with E-state index >= 15 is 0 Å². The van der Waals surface area contributed by atoms with E-state index in [1.807, 2.05) is 33.7 Å². The van der Waals surface area contributed by atoms with Gasteiger partial charge in [-0.2, -0.15) is 4.98 Å². The molecule has 2 aromatic heterocycles. The van der Waals surface area contributed by atoms with E-state index in [0.29, 0.717) is 34.6 Å². The molecule has 3 heterocycles. The van der Waals surface area contributed by atoms with Gasteiger partial charge in [0.05, 0.1) is 0 Å². The molecular weight excluding hydrogens is 366 g/mol. The lowest BCUT2D eigenvalue weighted by Gasteiger charge is -2.33. The first-order valence-corrected chi connectivity index (χ1v) is 9.14. The van der Waals surface area contributed by atoms with Crippen LogP contribution in [0.25, 0.3) is 11.2 Å². The number of imidazole rings is 1. The number of hydrogen-bond acceptors (Lipinski definition) is 4. The van der Waals surface area contributed by atoms with Gasteiger partial charge in [0.25, 0.3) is 5.56 Å². The molecule has 0 aliphatic carbocycles. The van der Waals surface area contributed by atoms with Gasteiger partial charge in [-0.25, -0.2) is 4.79 Å². The molecule has 7 nitrogen and oxygen atoms in total. The molecule has 1 aliphatic heterocycles. The molecule has 1 aromatic carbocycles. The number of allylic oxidation sites excluding steroid dienone is 1. The van der Waals surface area contributed by atoms with Crippen molar-refractivity contribution in [3.63, 3.8) is 0 Å². The maximum Gasteiger partial charge on any atom is 0.332 e. The predicted molar refractivity (Wildman–Crippen MR) is 107 cm³/mol. The normalized spacial score (nSPS) is 16.6. The van der Waals surface area contributed by atoms with E-state index in [1.54, 1.807) is 13.1 Å². The van der Waals surface area contributed by atoms with E-state index in [0.717, 1.165) is 12.2 Å². The third kappa shape index (κ3) is 2.70. The molecule has 1 unspecified atom stereocenters. The molecule has 0 bridgehead atoms. The van der Waals surface area contributed by atoms with Gasteiger partial charge in [0.2, 0.25) is 5.95 Å². The Labute approximate surface area is 160 Å². The van der Waals surface area contributed by atoms with Gasteiger partial charge in [-0.3, -0.25) is 13.9 Å². The van der Waals surface area contributed by atoms with E-state index < -0.39 is 5.69 Å². The summed E-state index contributed by atoms with van der Waals surface area (Å²) in [6.07, 6.45) is 1.54. The van der Waals surface area contributed by atoms with Crippen molar-refractivity contribution in [1.82, 2.24) is 18.7 Å². The molecule has 140 valence electrons. The van der Waals surface area contributed by atoms with Crippen molar-refractivity contribution in [2.45, 2.75) is 20.0 Å². The van der Waals surface area contributed by atoms with Crippen molar-refractivity contribution < 1.29 is 0 Å². The summed E-state index contributed by atoms with van der Waals surface area (Å²) in [5.74, 6) is 0.937. The van der Waals surface area contributed by atoms with Crippen LogP contribution in [-0.2, 0) is 20.1 Å². The Morgan fingerprint density at radius 3 is 2.81 bits per heavy atom. The average molecular weight is 386 g/mol. The number of aromatic nitrogens is 4. The Balaban J connectivity index is 2.03. The van der Waals surface area contributed by atoms with Gasteiger partial charge in [0, 0.05) is 37.4 Å². The van der Waals surface area contributed by atoms with Gasteiger partial charge in [-0.15, -0.1) is 6.58 Å². The van der Waals surface area contributed by atoms with Crippen LogP contribution < -0.4 is 16.1 Å². The molecule has 0 saturated carbocycles. The van der Waals surface area contributed by atoms with Crippen molar-refractivity contribution in [1.29, 1.82) is 0 Å². The molecule has 0 spiro atoms. The lowest BCUT2D eigenvalue weighted by atomic mass is 10.1. The lowest BCUT2D eigenvalue weighted by Crippen LogP contribution is -2.40. The van der Waals surface area contributed by atoms with Crippen LogP contribution in [0.5, 0.6) is 0 Å². The second-order valence-corrected chi connectivity index (χ2v) is 7.37. The molecule has 0 radical (unpaired) electrons. The molecule has 8 heteroatoms. The molecule has 0 N–H and O–H groups in total. The number of hydrogen-bond donors (Lipinski definition) is 0. The predicted octanol–water partition coefficient (Wildman–Crippen LogP) is 2.52. The van der Waals surface area contributed by atoms with Crippen molar-refractivity contribution >= 4 is 34.4 Å². The first-order chi connectivity index (χ1) is 12.9. The van der Waals surface area contributed by atoms with E-state index in [9.17, 15) is 9.59 Å². The minimum absolute atomic E-state index is 0.162. The fourth-order valence-electron chi connectivity index (χ4n) is 3.66. The topological polar surface area (TPSA) is 65.1 Å². The quantitative estimate of drug-likeness (QED) is 0.650. The van der Waals surface area contributed by atoms with Crippen LogP contribution in [0.1, 0.15) is 6.92 Å². The number of aryl methyl sites for hydroxylation is 1. The Morgan fingerprint density at radius 2 is 2.11 bits per heavy atom. The maximum atomic E-state index is 13.0. The number of benzene rings is 1. The van der Waals surface area contributed by atoms with Crippen LogP contribution in [-0.4, -0.2) is 25.2 Å². The van der Waals surface area contributed by atoms with Crippen LogP contribution in [0.3, 0.4) is 0 Å². The molecule has 4 rings (SSSR count). The summed E-state index contributed by atoms with van der Waals surface area (Å²) in [7, 11) is 1.63. The zero-order valence-corrected chi connectivity index (χ0v) is 16.0. The van der Waals surface area contributed by atoms with Gasteiger partial charge in [0.15, 0.2) is 11.2 Å². The lowest BCUT2D eigenvalue weighted by molar-refractivity contribution is 0.458. The highest BCUT2D eigenvalue weighted by Gasteiger charge is 2.29. The van der Waals surface area contributed by atoms with Gasteiger partial charge >= 0.3 is 5.69 Å². The standard InChI is InChI=1S/C19H20ClN5O2/c1-4-8-23-17(26)15-16(22(3)19(23)27)21-18-24(10-12(2)11-25(15)18)14-7-5-6-13(20)9-14/h4-7,9,12H,1,8,10-11H2,2-3H3. The van der Waals surface area contributed by atoms with Crippen LogP contribution in [0, 0.1) is 5.92 Å². The molecule has 1 atom stereocenters. The summed E-state index contributed by atoms with van der Waals surface area (Å²) in [5.41, 5.74) is 0.994. The zero-order valence-electron chi connectivity index (χ0n) is 15.2. The van der Waals surface area contributed by atoms with Gasteiger partial charge in [-0.1, -0.05) is 30.7 Å². The van der Waals surface area contributed by atoms with E-state index in [4.69, 9.17) is 11.6 Å². The highest BCUT2D eigenvalue weighted by molar-refractivity contribution is 6.30. The van der Waals surface area contributed by atoms with E-state index in [1.165, 1.54) is 9.13 Å². The Morgan fingerprint density at radius 1 is 1.33 bits per heavy atom. The highest BCUT2D eigenvalue weighted by atomic mass is 35.5. The Hall–Kier alpha value is -2.80. The summed E-state index contributed by atoms with van der Waals surface area (Å²) in [6.45, 7) is 7.33. The fourth-order valence-corrected chi connectivity index (χ4v) is 3.84. The smallest absolute Gasteiger partial charge is 0.312 e. The minimum atomic E-state index is -0.398. The van der Waals surface area contributed by atoms with Gasteiger partial charge < -0.3 is 9.47 Å². The van der Waals surface area contributed by atoms with Crippen molar-refractivity contribution in [3.05, 3.63) is 62.8 Å². The summed E-state index contributed by atoms with van der Waals surface area (Å²) in [4.78, 5) is 32.3. The number of halogens is 1. The van der Waals surface area contributed by atoms with Crippen molar-refractivity contribution in [2.24, 2.45) is 13.0 Å². The van der Waals surface area contributed by atoms with Gasteiger partial charge in [0.1, 0.15) is 0 Å².